The van der Waals surface area contributed by atoms with Gasteiger partial charge in [-0.3, -0.25) is 4.90 Å². The fraction of sp³-hybridized carbons (Fsp3) is 0.500. The van der Waals surface area contributed by atoms with Gasteiger partial charge in [0.05, 0.1) is 6.10 Å². The molecule has 1 aromatic carbocycles. The number of ether oxygens (including phenoxy) is 1. The molecule has 5 heteroatoms. The summed E-state index contributed by atoms with van der Waals surface area (Å²) in [5.74, 6) is -0.904. The van der Waals surface area contributed by atoms with E-state index in [1.165, 1.54) is 0 Å². The summed E-state index contributed by atoms with van der Waals surface area (Å²) in [5, 5.41) is 9.37. The fourth-order valence-corrected chi connectivity index (χ4v) is 2.49. The average Bonchev–Trinajstić information content (AvgIpc) is 2.40. The first-order valence-corrected chi connectivity index (χ1v) is 6.82. The molecular formula is C14H18ClNO3. The van der Waals surface area contributed by atoms with Crippen LogP contribution in [0.3, 0.4) is 0 Å². The zero-order valence-electron chi connectivity index (χ0n) is 10.7. The molecule has 0 amide bonds. The Hall–Kier alpha value is -1.10. The molecule has 0 aromatic heterocycles. The number of likely N-dealkylation sites (tertiary alicyclic amines) is 1. The Morgan fingerprint density at radius 1 is 1.37 bits per heavy atom. The smallest absolute Gasteiger partial charge is 0.329 e. The predicted octanol–water partition coefficient (Wildman–Crippen LogP) is 2.41. The first-order valence-electron chi connectivity index (χ1n) is 6.44. The van der Waals surface area contributed by atoms with Crippen molar-refractivity contribution in [2.75, 3.05) is 19.7 Å². The van der Waals surface area contributed by atoms with Gasteiger partial charge in [-0.25, -0.2) is 4.79 Å². The van der Waals surface area contributed by atoms with Gasteiger partial charge in [0.2, 0.25) is 0 Å². The lowest BCUT2D eigenvalue weighted by molar-refractivity contribution is -0.145. The summed E-state index contributed by atoms with van der Waals surface area (Å²) in [6, 6.07) is 7.86. The quantitative estimate of drug-likeness (QED) is 0.901. The highest BCUT2D eigenvalue weighted by molar-refractivity contribution is 6.31. The van der Waals surface area contributed by atoms with Crippen LogP contribution in [-0.2, 0) is 16.1 Å². The van der Waals surface area contributed by atoms with Gasteiger partial charge in [0.1, 0.15) is 6.61 Å². The van der Waals surface area contributed by atoms with Crippen LogP contribution >= 0.6 is 11.6 Å². The Morgan fingerprint density at radius 3 is 2.68 bits per heavy atom. The summed E-state index contributed by atoms with van der Waals surface area (Å²) in [6.45, 7) is 2.46. The Kier molecular flexibility index (Phi) is 5.19. The molecule has 0 unspecified atom stereocenters. The van der Waals surface area contributed by atoms with Gasteiger partial charge in [-0.2, -0.15) is 0 Å². The second kappa shape index (κ2) is 6.89. The van der Waals surface area contributed by atoms with Crippen molar-refractivity contribution in [1.29, 1.82) is 0 Å². The van der Waals surface area contributed by atoms with Crippen molar-refractivity contribution < 1.29 is 14.6 Å². The van der Waals surface area contributed by atoms with E-state index in [2.05, 4.69) is 4.90 Å². The lowest BCUT2D eigenvalue weighted by atomic mass is 10.1. The van der Waals surface area contributed by atoms with E-state index < -0.39 is 5.97 Å². The van der Waals surface area contributed by atoms with Gasteiger partial charge in [-0.15, -0.1) is 0 Å². The predicted molar refractivity (Wildman–Crippen MR) is 73.3 cm³/mol. The SMILES string of the molecule is O=C(O)COC1CCN(Cc2ccccc2Cl)CC1. The van der Waals surface area contributed by atoms with Crippen LogP contribution in [0.2, 0.25) is 5.02 Å². The molecule has 0 radical (unpaired) electrons. The van der Waals surface area contributed by atoms with Crippen molar-refractivity contribution in [1.82, 2.24) is 4.90 Å². The van der Waals surface area contributed by atoms with Crippen LogP contribution in [0.5, 0.6) is 0 Å². The molecule has 0 spiro atoms. The lowest BCUT2D eigenvalue weighted by Crippen LogP contribution is -2.37. The molecule has 1 aliphatic heterocycles. The first kappa shape index (κ1) is 14.3. The van der Waals surface area contributed by atoms with E-state index in [-0.39, 0.29) is 12.7 Å². The van der Waals surface area contributed by atoms with Crippen LogP contribution in [0.15, 0.2) is 24.3 Å². The highest BCUT2D eigenvalue weighted by Gasteiger charge is 2.20. The molecule has 0 atom stereocenters. The number of piperidine rings is 1. The van der Waals surface area contributed by atoms with E-state index in [1.807, 2.05) is 24.3 Å². The Labute approximate surface area is 117 Å². The zero-order valence-corrected chi connectivity index (χ0v) is 11.5. The van der Waals surface area contributed by atoms with Crippen molar-refractivity contribution in [3.63, 3.8) is 0 Å². The molecule has 104 valence electrons. The van der Waals surface area contributed by atoms with Crippen molar-refractivity contribution in [2.45, 2.75) is 25.5 Å². The van der Waals surface area contributed by atoms with E-state index in [1.54, 1.807) is 0 Å². The highest BCUT2D eigenvalue weighted by Crippen LogP contribution is 2.20. The molecule has 1 aromatic rings. The standard InChI is InChI=1S/C14H18ClNO3/c15-13-4-2-1-3-11(13)9-16-7-5-12(6-8-16)19-10-14(17)18/h1-4,12H,5-10H2,(H,17,18). The molecule has 0 aliphatic carbocycles. The number of carboxylic acids is 1. The molecule has 4 nitrogen and oxygen atoms in total. The van der Waals surface area contributed by atoms with Crippen molar-refractivity contribution in [2.24, 2.45) is 0 Å². The maximum Gasteiger partial charge on any atom is 0.329 e. The number of hydrogen-bond donors (Lipinski definition) is 1. The summed E-state index contributed by atoms with van der Waals surface area (Å²) < 4.78 is 5.31. The van der Waals surface area contributed by atoms with Crippen LogP contribution in [0.25, 0.3) is 0 Å². The van der Waals surface area contributed by atoms with Crippen LogP contribution in [0.1, 0.15) is 18.4 Å². The second-order valence-electron chi connectivity index (χ2n) is 4.77. The minimum atomic E-state index is -0.904. The van der Waals surface area contributed by atoms with E-state index in [4.69, 9.17) is 21.4 Å². The highest BCUT2D eigenvalue weighted by atomic mass is 35.5. The number of nitrogens with zero attached hydrogens (tertiary/aromatic N) is 1. The van der Waals surface area contributed by atoms with Gasteiger partial charge in [-0.05, 0) is 24.5 Å². The number of aliphatic carboxylic acids is 1. The van der Waals surface area contributed by atoms with Gasteiger partial charge in [0.15, 0.2) is 0 Å². The van der Waals surface area contributed by atoms with Gasteiger partial charge in [0, 0.05) is 24.7 Å². The van der Waals surface area contributed by atoms with Gasteiger partial charge in [0.25, 0.3) is 0 Å². The molecule has 19 heavy (non-hydrogen) atoms. The van der Waals surface area contributed by atoms with Crippen molar-refractivity contribution >= 4 is 17.6 Å². The third-order valence-electron chi connectivity index (χ3n) is 3.33. The lowest BCUT2D eigenvalue weighted by Gasteiger charge is -2.31. The van der Waals surface area contributed by atoms with Gasteiger partial charge in [-0.1, -0.05) is 29.8 Å². The van der Waals surface area contributed by atoms with Crippen LogP contribution in [-0.4, -0.2) is 41.8 Å². The van der Waals surface area contributed by atoms with Crippen molar-refractivity contribution in [3.05, 3.63) is 34.9 Å². The number of carboxylic acid groups (broad SMARTS) is 1. The molecule has 1 saturated heterocycles. The maximum atomic E-state index is 10.4. The van der Waals surface area contributed by atoms with Crippen LogP contribution in [0, 0.1) is 0 Å². The average molecular weight is 284 g/mol. The summed E-state index contributed by atoms with van der Waals surface area (Å²) in [5.41, 5.74) is 1.13. The largest absolute Gasteiger partial charge is 0.480 e. The van der Waals surface area contributed by atoms with E-state index in [9.17, 15) is 4.79 Å². The Morgan fingerprint density at radius 2 is 2.05 bits per heavy atom. The van der Waals surface area contributed by atoms with E-state index in [0.29, 0.717) is 0 Å². The molecule has 0 bridgehead atoms. The summed E-state index contributed by atoms with van der Waals surface area (Å²) in [6.07, 6.45) is 1.81. The number of rotatable bonds is 5. The molecule has 1 aliphatic rings. The second-order valence-corrected chi connectivity index (χ2v) is 5.18. The minimum absolute atomic E-state index is 0.0681. The third kappa shape index (κ3) is 4.49. The number of halogens is 1. The summed E-state index contributed by atoms with van der Waals surface area (Å²) >= 11 is 6.14. The Balaban J connectivity index is 1.77. The van der Waals surface area contributed by atoms with Crippen molar-refractivity contribution in [3.8, 4) is 0 Å². The molecule has 1 heterocycles. The van der Waals surface area contributed by atoms with E-state index >= 15 is 0 Å². The molecule has 2 rings (SSSR count). The summed E-state index contributed by atoms with van der Waals surface area (Å²) in [4.78, 5) is 12.8. The van der Waals surface area contributed by atoms with Gasteiger partial charge < -0.3 is 9.84 Å². The minimum Gasteiger partial charge on any atom is -0.480 e. The maximum absolute atomic E-state index is 10.4. The number of carbonyl (C=O) groups is 1. The third-order valence-corrected chi connectivity index (χ3v) is 3.70. The first-order chi connectivity index (χ1) is 9.15. The molecule has 0 saturated carbocycles. The number of benzene rings is 1. The van der Waals surface area contributed by atoms with Crippen LogP contribution in [0.4, 0.5) is 0 Å². The summed E-state index contributed by atoms with van der Waals surface area (Å²) in [7, 11) is 0. The Bertz CT molecular complexity index is 430. The van der Waals surface area contributed by atoms with E-state index in [0.717, 1.165) is 43.1 Å². The fourth-order valence-electron chi connectivity index (χ4n) is 2.29. The zero-order chi connectivity index (χ0) is 13.7. The van der Waals surface area contributed by atoms with Crippen LogP contribution < -0.4 is 0 Å². The molecular weight excluding hydrogens is 266 g/mol. The molecule has 1 fully saturated rings. The number of hydrogen-bond acceptors (Lipinski definition) is 3. The normalized spacial score (nSPS) is 17.5. The van der Waals surface area contributed by atoms with Gasteiger partial charge >= 0.3 is 5.97 Å². The topological polar surface area (TPSA) is 49.8 Å². The molecule has 1 N–H and O–H groups in total. The monoisotopic (exact) mass is 283 g/mol.